The largest absolute Gasteiger partial charge is 0.376 e. The maximum absolute atomic E-state index is 12.7. The van der Waals surface area contributed by atoms with Gasteiger partial charge in [-0.2, -0.15) is 0 Å². The van der Waals surface area contributed by atoms with E-state index in [1.165, 1.54) is 6.42 Å². The summed E-state index contributed by atoms with van der Waals surface area (Å²) in [7, 11) is 0. The molecule has 2 heterocycles. The van der Waals surface area contributed by atoms with Crippen LogP contribution in [0.2, 0.25) is 0 Å². The van der Waals surface area contributed by atoms with E-state index in [9.17, 15) is 4.79 Å². The number of fused-ring (bicyclic) bond motifs is 1. The lowest BCUT2D eigenvalue weighted by molar-refractivity contribution is -0.133. The number of ether oxygens (including phenoxy) is 1. The van der Waals surface area contributed by atoms with Crippen molar-refractivity contribution >= 4 is 16.9 Å². The van der Waals surface area contributed by atoms with E-state index in [0.717, 1.165) is 55.8 Å². The number of likely N-dealkylation sites (N-methyl/N-ethyl adjacent to an activating group) is 1. The second-order valence-corrected chi connectivity index (χ2v) is 6.69. The van der Waals surface area contributed by atoms with Gasteiger partial charge in [-0.05, 0) is 38.3 Å². The highest BCUT2D eigenvalue weighted by atomic mass is 16.5. The molecule has 0 radical (unpaired) electrons. The summed E-state index contributed by atoms with van der Waals surface area (Å²) < 4.78 is 7.99. The molecule has 1 unspecified atom stereocenters. The number of hydrogen-bond donors (Lipinski definition) is 0. The number of benzene rings is 1. The molecule has 0 spiro atoms. The minimum absolute atomic E-state index is 0.205. The molecule has 1 aromatic heterocycles. The van der Waals surface area contributed by atoms with Gasteiger partial charge in [0.05, 0.1) is 17.1 Å². The Kier molecular flexibility index (Phi) is 6.08. The summed E-state index contributed by atoms with van der Waals surface area (Å²) in [6.45, 7) is 7.13. The van der Waals surface area contributed by atoms with E-state index in [1.807, 2.05) is 30.0 Å². The van der Waals surface area contributed by atoms with E-state index in [1.54, 1.807) is 0 Å². The van der Waals surface area contributed by atoms with Crippen molar-refractivity contribution in [1.29, 1.82) is 0 Å². The van der Waals surface area contributed by atoms with Gasteiger partial charge in [-0.15, -0.1) is 0 Å². The lowest BCUT2D eigenvalue weighted by atomic mass is 10.1. The summed E-state index contributed by atoms with van der Waals surface area (Å²) >= 11 is 0. The van der Waals surface area contributed by atoms with Gasteiger partial charge in [-0.25, -0.2) is 4.98 Å². The number of hydrogen-bond acceptors (Lipinski definition) is 3. The average molecular weight is 343 g/mol. The van der Waals surface area contributed by atoms with Gasteiger partial charge in [-0.1, -0.05) is 19.1 Å². The van der Waals surface area contributed by atoms with Crippen LogP contribution in [0.3, 0.4) is 0 Å². The first-order chi connectivity index (χ1) is 12.2. The molecule has 2 aromatic rings. The van der Waals surface area contributed by atoms with Crippen molar-refractivity contribution in [2.24, 2.45) is 0 Å². The van der Waals surface area contributed by atoms with Crippen molar-refractivity contribution in [1.82, 2.24) is 14.5 Å². The molecule has 1 amide bonds. The molecule has 0 N–H and O–H groups in total. The first-order valence-corrected chi connectivity index (χ1v) is 9.56. The summed E-state index contributed by atoms with van der Waals surface area (Å²) in [5.41, 5.74) is 2.13. The quantitative estimate of drug-likeness (QED) is 0.774. The molecule has 1 aromatic carbocycles. The van der Waals surface area contributed by atoms with E-state index in [2.05, 4.69) is 22.5 Å². The van der Waals surface area contributed by atoms with Crippen LogP contribution in [-0.2, 0) is 22.5 Å². The van der Waals surface area contributed by atoms with Crippen molar-refractivity contribution < 1.29 is 9.53 Å². The number of rotatable bonds is 7. The second-order valence-electron chi connectivity index (χ2n) is 6.69. The number of carbonyl (C=O) groups excluding carboxylic acids is 1. The molecule has 3 rings (SSSR count). The van der Waals surface area contributed by atoms with E-state index in [-0.39, 0.29) is 12.0 Å². The first-order valence-electron chi connectivity index (χ1n) is 9.56. The zero-order valence-corrected chi connectivity index (χ0v) is 15.4. The third-order valence-electron chi connectivity index (χ3n) is 5.03. The highest BCUT2D eigenvalue weighted by Crippen LogP contribution is 2.18. The molecule has 5 heteroatoms. The summed E-state index contributed by atoms with van der Waals surface area (Å²) in [5, 5.41) is 0. The predicted octanol–water partition coefficient (Wildman–Crippen LogP) is 3.41. The molecule has 1 aliphatic heterocycles. The van der Waals surface area contributed by atoms with Gasteiger partial charge in [0.15, 0.2) is 0 Å². The average Bonchev–Trinajstić information content (AvgIpc) is 3.02. The summed E-state index contributed by atoms with van der Waals surface area (Å²) in [6.07, 6.45) is 5.00. The van der Waals surface area contributed by atoms with Crippen molar-refractivity contribution in [2.45, 2.75) is 58.6 Å². The summed E-state index contributed by atoms with van der Waals surface area (Å²) in [4.78, 5) is 19.3. The molecule has 1 atom stereocenters. The standard InChI is InChI=1S/C20H29N3O2/c1-3-19-21-17-10-5-6-11-18(17)23(19)13-12-20(24)22(4-2)15-16-9-7-8-14-25-16/h5-6,10-11,16H,3-4,7-9,12-15H2,1-2H3. The molecule has 1 saturated heterocycles. The van der Waals surface area contributed by atoms with Crippen LogP contribution in [0.4, 0.5) is 0 Å². The number of nitrogens with zero attached hydrogens (tertiary/aromatic N) is 3. The minimum Gasteiger partial charge on any atom is -0.376 e. The predicted molar refractivity (Wildman–Crippen MR) is 99.6 cm³/mol. The number of amides is 1. The second kappa shape index (κ2) is 8.48. The molecule has 25 heavy (non-hydrogen) atoms. The van der Waals surface area contributed by atoms with E-state index in [4.69, 9.17) is 4.74 Å². The van der Waals surface area contributed by atoms with Crippen LogP contribution in [0.1, 0.15) is 45.4 Å². The van der Waals surface area contributed by atoms with Crippen LogP contribution in [0.25, 0.3) is 11.0 Å². The van der Waals surface area contributed by atoms with Gasteiger partial charge < -0.3 is 14.2 Å². The number of aryl methyl sites for hydroxylation is 2. The van der Waals surface area contributed by atoms with Crippen molar-refractivity contribution in [3.63, 3.8) is 0 Å². The maximum atomic E-state index is 12.7. The molecule has 5 nitrogen and oxygen atoms in total. The van der Waals surface area contributed by atoms with Gasteiger partial charge in [-0.3, -0.25) is 4.79 Å². The lowest BCUT2D eigenvalue weighted by Gasteiger charge is -2.29. The van der Waals surface area contributed by atoms with Crippen LogP contribution >= 0.6 is 0 Å². The monoisotopic (exact) mass is 343 g/mol. The molecule has 136 valence electrons. The molecular weight excluding hydrogens is 314 g/mol. The molecular formula is C20H29N3O2. The number of aromatic nitrogens is 2. The fraction of sp³-hybridized carbons (Fsp3) is 0.600. The van der Waals surface area contributed by atoms with Crippen molar-refractivity contribution in [3.8, 4) is 0 Å². The van der Waals surface area contributed by atoms with Crippen LogP contribution in [-0.4, -0.2) is 46.2 Å². The molecule has 1 fully saturated rings. The number of para-hydroxylation sites is 2. The number of imidazole rings is 1. The van der Waals surface area contributed by atoms with Crippen molar-refractivity contribution in [2.75, 3.05) is 19.7 Å². The minimum atomic E-state index is 0.205. The third kappa shape index (κ3) is 4.21. The normalized spacial score (nSPS) is 17.8. The molecule has 1 aliphatic rings. The Hall–Kier alpha value is -1.88. The SMILES string of the molecule is CCc1nc2ccccc2n1CCC(=O)N(CC)CC1CCCCO1. The fourth-order valence-corrected chi connectivity index (χ4v) is 3.61. The van der Waals surface area contributed by atoms with E-state index in [0.29, 0.717) is 13.0 Å². The highest BCUT2D eigenvalue weighted by Gasteiger charge is 2.20. The molecule has 0 saturated carbocycles. The zero-order valence-electron chi connectivity index (χ0n) is 15.4. The molecule has 0 aliphatic carbocycles. The lowest BCUT2D eigenvalue weighted by Crippen LogP contribution is -2.39. The summed E-state index contributed by atoms with van der Waals surface area (Å²) in [5.74, 6) is 1.25. The van der Waals surface area contributed by atoms with Gasteiger partial charge in [0.25, 0.3) is 0 Å². The zero-order chi connectivity index (χ0) is 17.6. The Morgan fingerprint density at radius 2 is 2.16 bits per heavy atom. The van der Waals surface area contributed by atoms with E-state index >= 15 is 0 Å². The third-order valence-corrected chi connectivity index (χ3v) is 5.03. The Labute approximate surface area is 150 Å². The Balaban J connectivity index is 1.64. The maximum Gasteiger partial charge on any atom is 0.224 e. The van der Waals surface area contributed by atoms with Gasteiger partial charge >= 0.3 is 0 Å². The smallest absolute Gasteiger partial charge is 0.224 e. The van der Waals surface area contributed by atoms with Crippen LogP contribution < -0.4 is 0 Å². The van der Waals surface area contributed by atoms with Crippen LogP contribution in [0, 0.1) is 0 Å². The van der Waals surface area contributed by atoms with Gasteiger partial charge in [0, 0.05) is 39.1 Å². The first kappa shape index (κ1) is 17.9. The topological polar surface area (TPSA) is 47.4 Å². The Morgan fingerprint density at radius 3 is 2.88 bits per heavy atom. The van der Waals surface area contributed by atoms with E-state index < -0.39 is 0 Å². The van der Waals surface area contributed by atoms with Crippen LogP contribution in [0.15, 0.2) is 24.3 Å². The summed E-state index contributed by atoms with van der Waals surface area (Å²) in [6, 6.07) is 8.15. The Morgan fingerprint density at radius 1 is 1.32 bits per heavy atom. The van der Waals surface area contributed by atoms with Crippen LogP contribution in [0.5, 0.6) is 0 Å². The van der Waals surface area contributed by atoms with Gasteiger partial charge in [0.2, 0.25) is 5.91 Å². The number of carbonyl (C=O) groups is 1. The van der Waals surface area contributed by atoms with Crippen molar-refractivity contribution in [3.05, 3.63) is 30.1 Å². The van der Waals surface area contributed by atoms with Gasteiger partial charge in [0.1, 0.15) is 5.82 Å². The Bertz CT molecular complexity index is 704. The fourth-order valence-electron chi connectivity index (χ4n) is 3.61. The molecule has 0 bridgehead atoms. The highest BCUT2D eigenvalue weighted by molar-refractivity contribution is 5.78.